The molecule has 30 heavy (non-hydrogen) atoms. The summed E-state index contributed by atoms with van der Waals surface area (Å²) >= 11 is 0. The van der Waals surface area contributed by atoms with Crippen LogP contribution in [0.15, 0.2) is 103 Å². The zero-order valence-corrected chi connectivity index (χ0v) is 17.0. The lowest BCUT2D eigenvalue weighted by Crippen LogP contribution is -2.18. The number of ether oxygens (including phenoxy) is 1. The van der Waals surface area contributed by atoms with Gasteiger partial charge in [0.25, 0.3) is 0 Å². The average molecular weight is 399 g/mol. The van der Waals surface area contributed by atoms with Gasteiger partial charge in [0.15, 0.2) is 0 Å². The van der Waals surface area contributed by atoms with E-state index in [4.69, 9.17) is 4.74 Å². The van der Waals surface area contributed by atoms with Crippen LogP contribution in [0.3, 0.4) is 0 Å². The summed E-state index contributed by atoms with van der Waals surface area (Å²) in [6.07, 6.45) is 1.76. The third kappa shape index (κ3) is 4.56. The molecule has 4 nitrogen and oxygen atoms in total. The topological polar surface area (TPSA) is 46.4 Å². The summed E-state index contributed by atoms with van der Waals surface area (Å²) in [6, 6.07) is 32.1. The Morgan fingerprint density at radius 2 is 1.50 bits per heavy atom. The monoisotopic (exact) mass is 398 g/mol. The lowest BCUT2D eigenvalue weighted by molar-refractivity contribution is 0.0909. The van der Waals surface area contributed by atoms with Crippen molar-refractivity contribution in [1.82, 2.24) is 4.57 Å². The molecule has 1 aromatic heterocycles. The third-order valence-corrected chi connectivity index (χ3v) is 5.25. The van der Waals surface area contributed by atoms with Gasteiger partial charge >= 0.3 is 0 Å². The zero-order valence-electron chi connectivity index (χ0n) is 17.0. The quantitative estimate of drug-likeness (QED) is 0.388. The molecule has 4 aromatic rings. The summed E-state index contributed by atoms with van der Waals surface area (Å²) in [4.78, 5) is 0. The number of para-hydroxylation sites is 1. The fourth-order valence-corrected chi connectivity index (χ4v) is 3.68. The van der Waals surface area contributed by atoms with Crippen molar-refractivity contribution in [3.8, 4) is 17.0 Å². The van der Waals surface area contributed by atoms with Crippen LogP contribution in [0, 0.1) is 0 Å². The standard InChI is InChI=1S/C26H26N2O2/c1-30-23-16-14-20(15-17-23)24(27-22-11-6-3-7-12-22)19-26(29)28-18-8-13-25(28)21-9-4-2-5-10-21/h2-18,24,26-27,29H,19H2,1H3. The van der Waals surface area contributed by atoms with Gasteiger partial charge in [-0.2, -0.15) is 0 Å². The maximum atomic E-state index is 11.2. The van der Waals surface area contributed by atoms with Crippen molar-refractivity contribution in [2.75, 3.05) is 12.4 Å². The van der Waals surface area contributed by atoms with E-state index in [1.807, 2.05) is 95.7 Å². The number of aromatic nitrogens is 1. The highest BCUT2D eigenvalue weighted by Gasteiger charge is 2.20. The molecule has 0 saturated carbocycles. The van der Waals surface area contributed by atoms with E-state index in [1.54, 1.807) is 7.11 Å². The maximum absolute atomic E-state index is 11.2. The molecule has 4 heteroatoms. The summed E-state index contributed by atoms with van der Waals surface area (Å²) in [6.45, 7) is 0. The Morgan fingerprint density at radius 1 is 0.833 bits per heavy atom. The molecule has 3 aromatic carbocycles. The molecule has 0 aliphatic rings. The fourth-order valence-electron chi connectivity index (χ4n) is 3.68. The van der Waals surface area contributed by atoms with Gasteiger partial charge in [-0.15, -0.1) is 0 Å². The molecule has 0 fully saturated rings. The highest BCUT2D eigenvalue weighted by atomic mass is 16.5. The number of nitrogens with zero attached hydrogens (tertiary/aromatic N) is 1. The number of methoxy groups -OCH3 is 1. The van der Waals surface area contributed by atoms with Crippen LogP contribution in [0.5, 0.6) is 5.75 Å². The molecule has 1 heterocycles. The van der Waals surface area contributed by atoms with Crippen LogP contribution in [0.1, 0.15) is 24.3 Å². The predicted octanol–water partition coefficient (Wildman–Crippen LogP) is 5.90. The summed E-state index contributed by atoms with van der Waals surface area (Å²) in [7, 11) is 1.66. The van der Waals surface area contributed by atoms with Crippen LogP contribution in [-0.4, -0.2) is 16.8 Å². The minimum atomic E-state index is -0.682. The number of hydrogen-bond donors (Lipinski definition) is 2. The second kappa shape index (κ2) is 9.33. The molecule has 4 rings (SSSR count). The largest absolute Gasteiger partial charge is 0.497 e. The van der Waals surface area contributed by atoms with Crippen molar-refractivity contribution in [3.63, 3.8) is 0 Å². The number of nitrogens with one attached hydrogen (secondary N) is 1. The van der Waals surface area contributed by atoms with Crippen molar-refractivity contribution >= 4 is 5.69 Å². The lowest BCUT2D eigenvalue weighted by Gasteiger charge is -2.25. The van der Waals surface area contributed by atoms with E-state index >= 15 is 0 Å². The van der Waals surface area contributed by atoms with Crippen molar-refractivity contribution in [2.24, 2.45) is 0 Å². The van der Waals surface area contributed by atoms with E-state index in [-0.39, 0.29) is 6.04 Å². The second-order valence-corrected chi connectivity index (χ2v) is 7.22. The van der Waals surface area contributed by atoms with Crippen molar-refractivity contribution in [2.45, 2.75) is 18.7 Å². The first kappa shape index (κ1) is 19.8. The van der Waals surface area contributed by atoms with E-state index in [0.717, 1.165) is 28.3 Å². The van der Waals surface area contributed by atoms with Crippen LogP contribution in [0.4, 0.5) is 5.69 Å². The number of aliphatic hydroxyl groups is 1. The minimum Gasteiger partial charge on any atom is -0.497 e. The minimum absolute atomic E-state index is 0.0701. The number of benzene rings is 3. The van der Waals surface area contributed by atoms with E-state index < -0.39 is 6.23 Å². The van der Waals surface area contributed by atoms with E-state index in [1.165, 1.54) is 0 Å². The zero-order chi connectivity index (χ0) is 20.8. The molecular formula is C26H26N2O2. The first-order valence-electron chi connectivity index (χ1n) is 10.1. The molecule has 2 unspecified atom stereocenters. The van der Waals surface area contributed by atoms with Gasteiger partial charge in [0, 0.05) is 18.3 Å². The second-order valence-electron chi connectivity index (χ2n) is 7.22. The van der Waals surface area contributed by atoms with E-state index in [9.17, 15) is 5.11 Å². The van der Waals surface area contributed by atoms with Crippen LogP contribution >= 0.6 is 0 Å². The summed E-state index contributed by atoms with van der Waals surface area (Å²) in [5.41, 5.74) is 4.18. The van der Waals surface area contributed by atoms with Gasteiger partial charge in [0.1, 0.15) is 12.0 Å². The molecule has 152 valence electrons. The molecule has 0 amide bonds. The van der Waals surface area contributed by atoms with Gasteiger partial charge in [-0.1, -0.05) is 60.7 Å². The molecule has 2 N–H and O–H groups in total. The number of hydrogen-bond acceptors (Lipinski definition) is 3. The van der Waals surface area contributed by atoms with Crippen LogP contribution < -0.4 is 10.1 Å². The Labute approximate surface area is 177 Å². The highest BCUT2D eigenvalue weighted by molar-refractivity contribution is 5.60. The molecule has 0 aliphatic heterocycles. The van der Waals surface area contributed by atoms with Crippen LogP contribution in [0.2, 0.25) is 0 Å². The van der Waals surface area contributed by atoms with Crippen LogP contribution in [-0.2, 0) is 0 Å². The van der Waals surface area contributed by atoms with Crippen molar-refractivity contribution < 1.29 is 9.84 Å². The van der Waals surface area contributed by atoms with Gasteiger partial charge in [-0.3, -0.25) is 0 Å². The molecule has 0 bridgehead atoms. The lowest BCUT2D eigenvalue weighted by atomic mass is 10.0. The molecular weight excluding hydrogens is 372 g/mol. The Morgan fingerprint density at radius 3 is 2.17 bits per heavy atom. The Hall–Kier alpha value is -3.50. The molecule has 0 radical (unpaired) electrons. The number of rotatable bonds is 8. The van der Waals surface area contributed by atoms with E-state index in [2.05, 4.69) is 17.4 Å². The first-order chi connectivity index (χ1) is 14.7. The highest BCUT2D eigenvalue weighted by Crippen LogP contribution is 2.31. The van der Waals surface area contributed by atoms with Gasteiger partial charge in [0.2, 0.25) is 0 Å². The maximum Gasteiger partial charge on any atom is 0.133 e. The van der Waals surface area contributed by atoms with Crippen LogP contribution in [0.25, 0.3) is 11.3 Å². The number of aliphatic hydroxyl groups excluding tert-OH is 1. The Balaban J connectivity index is 1.60. The smallest absolute Gasteiger partial charge is 0.133 e. The molecule has 0 aliphatic carbocycles. The summed E-state index contributed by atoms with van der Waals surface area (Å²) < 4.78 is 7.23. The molecule has 0 spiro atoms. The fraction of sp³-hybridized carbons (Fsp3) is 0.154. The SMILES string of the molecule is COc1ccc(C(CC(O)n2cccc2-c2ccccc2)Nc2ccccc2)cc1. The normalized spacial score (nSPS) is 12.9. The van der Waals surface area contributed by atoms with Crippen molar-refractivity contribution in [1.29, 1.82) is 0 Å². The van der Waals surface area contributed by atoms with Gasteiger partial charge in [0.05, 0.1) is 18.8 Å². The Kier molecular flexibility index (Phi) is 6.16. The average Bonchev–Trinajstić information content (AvgIpc) is 3.30. The Bertz CT molecular complexity index is 1040. The van der Waals surface area contributed by atoms with Gasteiger partial charge in [-0.25, -0.2) is 0 Å². The van der Waals surface area contributed by atoms with E-state index in [0.29, 0.717) is 6.42 Å². The first-order valence-corrected chi connectivity index (χ1v) is 10.1. The van der Waals surface area contributed by atoms with Crippen molar-refractivity contribution in [3.05, 3.63) is 109 Å². The molecule has 2 atom stereocenters. The summed E-state index contributed by atoms with van der Waals surface area (Å²) in [5.74, 6) is 0.814. The molecule has 0 saturated heterocycles. The van der Waals surface area contributed by atoms with Gasteiger partial charge < -0.3 is 19.7 Å². The van der Waals surface area contributed by atoms with Gasteiger partial charge in [-0.05, 0) is 47.5 Å². The predicted molar refractivity (Wildman–Crippen MR) is 122 cm³/mol. The summed E-state index contributed by atoms with van der Waals surface area (Å²) in [5, 5.41) is 14.7. The third-order valence-electron chi connectivity index (χ3n) is 5.25. The number of anilines is 1.